The summed E-state index contributed by atoms with van der Waals surface area (Å²) in [5.41, 5.74) is 1.09. The van der Waals surface area contributed by atoms with Crippen LogP contribution in [-0.2, 0) is 6.54 Å². The van der Waals surface area contributed by atoms with E-state index < -0.39 is 0 Å². The van der Waals surface area contributed by atoms with E-state index in [1.54, 1.807) is 11.3 Å². The van der Waals surface area contributed by atoms with Crippen LogP contribution in [-0.4, -0.2) is 21.9 Å². The molecule has 5 heteroatoms. The molecule has 1 saturated heterocycles. The van der Waals surface area contributed by atoms with Gasteiger partial charge in [0.25, 0.3) is 0 Å². The molecule has 2 heterocycles. The summed E-state index contributed by atoms with van der Waals surface area (Å²) in [5, 5.41) is 7.70. The number of aryl methyl sites for hydroxylation is 1. The number of amidine groups is 1. The third-order valence-corrected chi connectivity index (χ3v) is 4.54. The molecule has 1 atom stereocenters. The standard InChI is InChI=1S/C11H17N3S2/c1-7(2)9-6-16-11(14-9)12-4-10-13-8(3)5-15-10/h5,7,9H,4,6H2,1-3H3,(H,12,14). The molecule has 1 aromatic heterocycles. The minimum absolute atomic E-state index is 0.571. The molecular weight excluding hydrogens is 238 g/mol. The van der Waals surface area contributed by atoms with Gasteiger partial charge in [-0.25, -0.2) is 4.98 Å². The molecular formula is C11H17N3S2. The predicted octanol–water partition coefficient (Wildman–Crippen LogP) is 2.67. The monoisotopic (exact) mass is 255 g/mol. The average molecular weight is 255 g/mol. The second kappa shape index (κ2) is 5.19. The summed E-state index contributed by atoms with van der Waals surface area (Å²) in [6, 6.07) is 0.571. The van der Waals surface area contributed by atoms with Crippen LogP contribution in [0, 0.1) is 12.8 Å². The van der Waals surface area contributed by atoms with Crippen LogP contribution in [0.3, 0.4) is 0 Å². The van der Waals surface area contributed by atoms with Gasteiger partial charge in [0, 0.05) is 22.9 Å². The van der Waals surface area contributed by atoms with Crippen LogP contribution in [0.4, 0.5) is 0 Å². The van der Waals surface area contributed by atoms with Gasteiger partial charge in [-0.3, -0.25) is 4.99 Å². The molecule has 1 aromatic rings. The lowest BCUT2D eigenvalue weighted by atomic mass is 10.1. The Labute approximate surface area is 105 Å². The highest BCUT2D eigenvalue weighted by Gasteiger charge is 2.22. The van der Waals surface area contributed by atoms with E-state index in [1.807, 2.05) is 18.7 Å². The van der Waals surface area contributed by atoms with Gasteiger partial charge in [0.05, 0.1) is 6.54 Å². The van der Waals surface area contributed by atoms with Crippen LogP contribution in [0.2, 0.25) is 0 Å². The fourth-order valence-corrected chi connectivity index (χ4v) is 3.37. The van der Waals surface area contributed by atoms with Gasteiger partial charge in [-0.1, -0.05) is 25.6 Å². The van der Waals surface area contributed by atoms with Gasteiger partial charge in [0.2, 0.25) is 0 Å². The van der Waals surface area contributed by atoms with E-state index in [4.69, 9.17) is 0 Å². The predicted molar refractivity (Wildman–Crippen MR) is 72.2 cm³/mol. The Hall–Kier alpha value is -0.550. The van der Waals surface area contributed by atoms with Gasteiger partial charge >= 0.3 is 0 Å². The van der Waals surface area contributed by atoms with Crippen LogP contribution in [0.15, 0.2) is 10.4 Å². The first-order valence-electron chi connectivity index (χ1n) is 5.50. The quantitative estimate of drug-likeness (QED) is 0.902. The first-order chi connectivity index (χ1) is 7.65. The zero-order valence-corrected chi connectivity index (χ0v) is 11.5. The van der Waals surface area contributed by atoms with Gasteiger partial charge in [-0.05, 0) is 12.8 Å². The molecule has 0 spiro atoms. The third kappa shape index (κ3) is 2.98. The van der Waals surface area contributed by atoms with Crippen LogP contribution >= 0.6 is 23.1 Å². The summed E-state index contributed by atoms with van der Waals surface area (Å²) < 4.78 is 0. The molecule has 0 bridgehead atoms. The van der Waals surface area contributed by atoms with Crippen LogP contribution < -0.4 is 5.32 Å². The molecule has 1 unspecified atom stereocenters. The van der Waals surface area contributed by atoms with Crippen LogP contribution in [0.25, 0.3) is 0 Å². The number of aromatic nitrogens is 1. The highest BCUT2D eigenvalue weighted by molar-refractivity contribution is 8.14. The number of hydrogen-bond donors (Lipinski definition) is 1. The molecule has 16 heavy (non-hydrogen) atoms. The maximum Gasteiger partial charge on any atom is 0.157 e. The summed E-state index contributed by atoms with van der Waals surface area (Å²) in [4.78, 5) is 8.96. The van der Waals surface area contributed by atoms with Gasteiger partial charge < -0.3 is 5.32 Å². The Balaban J connectivity index is 1.90. The molecule has 0 aliphatic carbocycles. The second-order valence-corrected chi connectivity index (χ2v) is 6.26. The number of thioether (sulfide) groups is 1. The van der Waals surface area contributed by atoms with Gasteiger partial charge in [-0.2, -0.15) is 0 Å². The summed E-state index contributed by atoms with van der Waals surface area (Å²) in [7, 11) is 0. The first-order valence-corrected chi connectivity index (χ1v) is 7.36. The van der Waals surface area contributed by atoms with Crippen LogP contribution in [0.1, 0.15) is 24.5 Å². The van der Waals surface area contributed by atoms with E-state index >= 15 is 0 Å². The maximum absolute atomic E-state index is 4.56. The summed E-state index contributed by atoms with van der Waals surface area (Å²) in [6.07, 6.45) is 0. The van der Waals surface area contributed by atoms with Crippen molar-refractivity contribution in [2.45, 2.75) is 33.4 Å². The maximum atomic E-state index is 4.56. The molecule has 0 amide bonds. The molecule has 1 aliphatic rings. The van der Waals surface area contributed by atoms with E-state index in [9.17, 15) is 0 Å². The second-order valence-electron chi connectivity index (χ2n) is 4.31. The van der Waals surface area contributed by atoms with Crippen molar-refractivity contribution in [3.05, 3.63) is 16.1 Å². The van der Waals surface area contributed by atoms with Crippen molar-refractivity contribution in [2.75, 3.05) is 5.75 Å². The number of rotatable bonds is 3. The van der Waals surface area contributed by atoms with Crippen molar-refractivity contribution < 1.29 is 0 Å². The van der Waals surface area contributed by atoms with Gasteiger partial charge in [-0.15, -0.1) is 11.3 Å². The van der Waals surface area contributed by atoms with Crippen molar-refractivity contribution >= 4 is 28.3 Å². The van der Waals surface area contributed by atoms with E-state index in [0.717, 1.165) is 21.6 Å². The van der Waals surface area contributed by atoms with Crippen molar-refractivity contribution in [3.8, 4) is 0 Å². The topological polar surface area (TPSA) is 37.3 Å². The largest absolute Gasteiger partial charge is 0.361 e. The number of thiazole rings is 1. The van der Waals surface area contributed by atoms with Gasteiger partial charge in [0.15, 0.2) is 5.17 Å². The Morgan fingerprint density at radius 3 is 3.00 bits per heavy atom. The van der Waals surface area contributed by atoms with Crippen molar-refractivity contribution in [1.29, 1.82) is 0 Å². The first kappa shape index (κ1) is 11.9. The summed E-state index contributed by atoms with van der Waals surface area (Å²) in [5.74, 6) is 1.80. The lowest BCUT2D eigenvalue weighted by Crippen LogP contribution is -2.31. The fraction of sp³-hybridized carbons (Fsp3) is 0.636. The summed E-state index contributed by atoms with van der Waals surface area (Å²) >= 11 is 3.51. The Morgan fingerprint density at radius 2 is 2.44 bits per heavy atom. The third-order valence-electron chi connectivity index (χ3n) is 2.54. The van der Waals surface area contributed by atoms with E-state index in [0.29, 0.717) is 18.5 Å². The van der Waals surface area contributed by atoms with E-state index in [1.165, 1.54) is 0 Å². The molecule has 88 valence electrons. The lowest BCUT2D eigenvalue weighted by molar-refractivity contribution is 0.503. The lowest BCUT2D eigenvalue weighted by Gasteiger charge is -2.12. The molecule has 1 aliphatic heterocycles. The molecule has 1 N–H and O–H groups in total. The molecule has 0 radical (unpaired) electrons. The molecule has 2 rings (SSSR count). The smallest absolute Gasteiger partial charge is 0.157 e. The van der Waals surface area contributed by atoms with E-state index in [2.05, 4.69) is 34.5 Å². The zero-order chi connectivity index (χ0) is 11.5. The highest BCUT2D eigenvalue weighted by Crippen LogP contribution is 2.20. The number of nitrogens with zero attached hydrogens (tertiary/aromatic N) is 2. The normalized spacial score (nSPS) is 23.0. The Bertz CT molecular complexity index is 384. The van der Waals surface area contributed by atoms with E-state index in [-0.39, 0.29) is 0 Å². The number of aliphatic imine (C=N–C) groups is 1. The highest BCUT2D eigenvalue weighted by atomic mass is 32.2. The molecule has 0 aromatic carbocycles. The minimum Gasteiger partial charge on any atom is -0.361 e. The SMILES string of the molecule is Cc1csc(CN=C2NC(C(C)C)CS2)n1. The average Bonchev–Trinajstić information content (AvgIpc) is 2.83. The molecule has 0 saturated carbocycles. The number of hydrogen-bond acceptors (Lipinski definition) is 4. The van der Waals surface area contributed by atoms with Crippen molar-refractivity contribution in [2.24, 2.45) is 10.9 Å². The van der Waals surface area contributed by atoms with Crippen molar-refractivity contribution in [3.63, 3.8) is 0 Å². The van der Waals surface area contributed by atoms with Crippen LogP contribution in [0.5, 0.6) is 0 Å². The zero-order valence-electron chi connectivity index (χ0n) is 9.86. The fourth-order valence-electron chi connectivity index (χ4n) is 1.48. The Kier molecular flexibility index (Phi) is 3.86. The molecule has 1 fully saturated rings. The molecule has 3 nitrogen and oxygen atoms in total. The summed E-state index contributed by atoms with van der Waals surface area (Å²) in [6.45, 7) is 7.21. The Morgan fingerprint density at radius 1 is 1.62 bits per heavy atom. The minimum atomic E-state index is 0.571. The number of nitrogens with one attached hydrogen (secondary N) is 1. The van der Waals surface area contributed by atoms with Crippen molar-refractivity contribution in [1.82, 2.24) is 10.3 Å². The van der Waals surface area contributed by atoms with Gasteiger partial charge in [0.1, 0.15) is 5.01 Å².